The van der Waals surface area contributed by atoms with Crippen molar-refractivity contribution in [1.29, 1.82) is 0 Å². The third-order valence-electron chi connectivity index (χ3n) is 2.15. The van der Waals surface area contributed by atoms with Crippen molar-refractivity contribution < 1.29 is 0 Å². The van der Waals surface area contributed by atoms with E-state index in [-0.39, 0.29) is 0 Å². The molecular formula is C9H8N2S3. The number of anilines is 1. The van der Waals surface area contributed by atoms with Gasteiger partial charge in [-0.15, -0.1) is 34.4 Å². The quantitative estimate of drug-likeness (QED) is 0.826. The zero-order valence-electron chi connectivity index (χ0n) is 7.27. The second kappa shape index (κ2) is 3.56. The number of rotatable bonds is 1. The van der Waals surface area contributed by atoms with Crippen molar-refractivity contribution in [2.75, 3.05) is 11.9 Å². The summed E-state index contributed by atoms with van der Waals surface area (Å²) in [7, 11) is 0. The Morgan fingerprint density at radius 2 is 2.29 bits per heavy atom. The van der Waals surface area contributed by atoms with Crippen LogP contribution in [0.15, 0.2) is 26.5 Å². The van der Waals surface area contributed by atoms with E-state index in [1.54, 1.807) is 22.7 Å². The third kappa shape index (κ3) is 1.45. The van der Waals surface area contributed by atoms with Gasteiger partial charge in [0.1, 0.15) is 0 Å². The molecule has 0 saturated heterocycles. The highest BCUT2D eigenvalue weighted by Gasteiger charge is 2.22. The maximum atomic E-state index is 4.36. The number of nitrogens with zero attached hydrogens (tertiary/aromatic N) is 1. The van der Waals surface area contributed by atoms with Crippen LogP contribution in [0.2, 0.25) is 0 Å². The second-order valence-electron chi connectivity index (χ2n) is 3.05. The van der Waals surface area contributed by atoms with Crippen molar-refractivity contribution in [3.8, 4) is 0 Å². The zero-order chi connectivity index (χ0) is 9.38. The van der Waals surface area contributed by atoms with Gasteiger partial charge in [-0.2, -0.15) is 0 Å². The molecule has 0 amide bonds. The number of fused-ring (bicyclic) bond motifs is 1. The average Bonchev–Trinajstić information content (AvgIpc) is 2.88. The van der Waals surface area contributed by atoms with Crippen LogP contribution in [0.3, 0.4) is 0 Å². The molecule has 1 unspecified atom stereocenters. The molecule has 2 aromatic rings. The number of aromatic nitrogens is 1. The maximum absolute atomic E-state index is 4.36. The SMILES string of the molecule is c1nc(C2CNc3cscc3S2)cs1. The lowest BCUT2D eigenvalue weighted by Crippen LogP contribution is -2.14. The van der Waals surface area contributed by atoms with Crippen molar-refractivity contribution in [2.24, 2.45) is 0 Å². The fourth-order valence-corrected chi connectivity index (χ4v) is 4.25. The summed E-state index contributed by atoms with van der Waals surface area (Å²) in [5.74, 6) is 0. The molecule has 3 heterocycles. The smallest absolute Gasteiger partial charge is 0.0795 e. The van der Waals surface area contributed by atoms with Gasteiger partial charge in [-0.25, -0.2) is 4.98 Å². The molecule has 0 saturated carbocycles. The number of thiophene rings is 1. The lowest BCUT2D eigenvalue weighted by Gasteiger charge is -2.21. The molecule has 5 heteroatoms. The maximum Gasteiger partial charge on any atom is 0.0795 e. The summed E-state index contributed by atoms with van der Waals surface area (Å²) >= 11 is 5.33. The fourth-order valence-electron chi connectivity index (χ4n) is 1.45. The summed E-state index contributed by atoms with van der Waals surface area (Å²) in [6.45, 7) is 0.984. The van der Waals surface area contributed by atoms with E-state index in [2.05, 4.69) is 26.4 Å². The van der Waals surface area contributed by atoms with Gasteiger partial charge in [0.15, 0.2) is 0 Å². The Bertz CT molecular complexity index is 421. The monoisotopic (exact) mass is 240 g/mol. The highest BCUT2D eigenvalue weighted by atomic mass is 32.2. The van der Waals surface area contributed by atoms with E-state index in [9.17, 15) is 0 Å². The van der Waals surface area contributed by atoms with Crippen LogP contribution in [0.25, 0.3) is 0 Å². The van der Waals surface area contributed by atoms with Crippen molar-refractivity contribution in [3.05, 3.63) is 27.3 Å². The minimum Gasteiger partial charge on any atom is -0.382 e. The summed E-state index contributed by atoms with van der Waals surface area (Å²) in [5.41, 5.74) is 4.38. The first-order chi connectivity index (χ1) is 6.93. The van der Waals surface area contributed by atoms with Crippen LogP contribution in [-0.4, -0.2) is 11.5 Å². The fraction of sp³-hybridized carbons (Fsp3) is 0.222. The van der Waals surface area contributed by atoms with Gasteiger partial charge in [0, 0.05) is 27.6 Å². The largest absolute Gasteiger partial charge is 0.382 e. The molecule has 1 atom stereocenters. The van der Waals surface area contributed by atoms with Crippen LogP contribution < -0.4 is 5.32 Å². The summed E-state index contributed by atoms with van der Waals surface area (Å²) in [5, 5.41) is 10.4. The minimum atomic E-state index is 0.475. The molecule has 0 bridgehead atoms. The molecule has 2 aromatic heterocycles. The van der Waals surface area contributed by atoms with Gasteiger partial charge in [-0.05, 0) is 0 Å². The third-order valence-corrected chi connectivity index (χ3v) is 4.94. The standard InChI is InChI=1S/C9H8N2S3/c1-8(6-3-13-5-11-6)14-9-4-12-2-7(9)10-1/h2-5,8,10H,1H2. The Labute approximate surface area is 94.4 Å². The summed E-state index contributed by atoms with van der Waals surface area (Å²) in [6, 6.07) is 0. The van der Waals surface area contributed by atoms with Crippen LogP contribution in [0.4, 0.5) is 5.69 Å². The lowest BCUT2D eigenvalue weighted by atomic mass is 10.3. The number of hydrogen-bond donors (Lipinski definition) is 1. The average molecular weight is 240 g/mol. The number of nitrogens with one attached hydrogen (secondary N) is 1. The van der Waals surface area contributed by atoms with E-state index in [0.29, 0.717) is 5.25 Å². The highest BCUT2D eigenvalue weighted by molar-refractivity contribution is 8.00. The van der Waals surface area contributed by atoms with Crippen molar-refractivity contribution in [1.82, 2.24) is 4.98 Å². The Morgan fingerprint density at radius 3 is 3.14 bits per heavy atom. The molecule has 0 aromatic carbocycles. The number of thiazole rings is 1. The van der Waals surface area contributed by atoms with Gasteiger partial charge < -0.3 is 5.32 Å². The van der Waals surface area contributed by atoms with Crippen molar-refractivity contribution in [3.63, 3.8) is 0 Å². The van der Waals surface area contributed by atoms with Crippen molar-refractivity contribution in [2.45, 2.75) is 10.1 Å². The van der Waals surface area contributed by atoms with Gasteiger partial charge in [-0.3, -0.25) is 0 Å². The Hall–Kier alpha value is -0.520. The van der Waals surface area contributed by atoms with Gasteiger partial charge in [0.25, 0.3) is 0 Å². The van der Waals surface area contributed by atoms with Crippen LogP contribution >= 0.6 is 34.4 Å². The van der Waals surface area contributed by atoms with E-state index in [0.717, 1.165) is 6.54 Å². The van der Waals surface area contributed by atoms with Crippen molar-refractivity contribution >= 4 is 40.1 Å². The molecule has 2 nitrogen and oxygen atoms in total. The van der Waals surface area contributed by atoms with Crippen LogP contribution in [0.1, 0.15) is 10.9 Å². The minimum absolute atomic E-state index is 0.475. The predicted octanol–water partition coefficient (Wildman–Crippen LogP) is 3.46. The Balaban J connectivity index is 1.88. The molecule has 0 spiro atoms. The van der Waals surface area contributed by atoms with E-state index in [1.807, 2.05) is 17.3 Å². The summed E-state index contributed by atoms with van der Waals surface area (Å²) in [6.07, 6.45) is 0. The normalized spacial score (nSPS) is 20.1. The molecule has 1 aliphatic rings. The van der Waals surface area contributed by atoms with Gasteiger partial charge >= 0.3 is 0 Å². The van der Waals surface area contributed by atoms with Crippen LogP contribution in [0, 0.1) is 0 Å². The van der Waals surface area contributed by atoms with E-state index >= 15 is 0 Å². The topological polar surface area (TPSA) is 24.9 Å². The molecule has 3 rings (SSSR count). The Kier molecular flexibility index (Phi) is 2.23. The highest BCUT2D eigenvalue weighted by Crippen LogP contribution is 2.44. The van der Waals surface area contributed by atoms with E-state index in [1.165, 1.54) is 16.3 Å². The first kappa shape index (κ1) is 8.76. The summed E-state index contributed by atoms with van der Waals surface area (Å²) in [4.78, 5) is 5.72. The molecule has 0 aliphatic carbocycles. The predicted molar refractivity (Wildman–Crippen MR) is 63.5 cm³/mol. The van der Waals surface area contributed by atoms with Gasteiger partial charge in [0.2, 0.25) is 0 Å². The van der Waals surface area contributed by atoms with Crippen LogP contribution in [-0.2, 0) is 0 Å². The van der Waals surface area contributed by atoms with Crippen LogP contribution in [0.5, 0.6) is 0 Å². The van der Waals surface area contributed by atoms with E-state index in [4.69, 9.17) is 0 Å². The molecule has 1 N–H and O–H groups in total. The molecular weight excluding hydrogens is 232 g/mol. The van der Waals surface area contributed by atoms with Gasteiger partial charge in [-0.1, -0.05) is 0 Å². The first-order valence-electron chi connectivity index (χ1n) is 4.28. The first-order valence-corrected chi connectivity index (χ1v) is 7.05. The zero-order valence-corrected chi connectivity index (χ0v) is 9.72. The second-order valence-corrected chi connectivity index (χ2v) is 5.76. The molecule has 0 fully saturated rings. The number of hydrogen-bond acceptors (Lipinski definition) is 5. The van der Waals surface area contributed by atoms with E-state index < -0.39 is 0 Å². The Morgan fingerprint density at radius 1 is 1.29 bits per heavy atom. The molecule has 72 valence electrons. The summed E-state index contributed by atoms with van der Waals surface area (Å²) < 4.78 is 0. The number of thioether (sulfide) groups is 1. The lowest BCUT2D eigenvalue weighted by molar-refractivity contribution is 0.933. The molecule has 14 heavy (non-hydrogen) atoms. The molecule has 1 aliphatic heterocycles. The van der Waals surface area contributed by atoms with Gasteiger partial charge in [0.05, 0.1) is 22.1 Å². The molecule has 0 radical (unpaired) electrons.